The van der Waals surface area contributed by atoms with Gasteiger partial charge in [-0.3, -0.25) is 5.10 Å². The quantitative estimate of drug-likeness (QED) is 0.806. The fourth-order valence-corrected chi connectivity index (χ4v) is 2.74. The van der Waals surface area contributed by atoms with Crippen molar-refractivity contribution in [1.29, 1.82) is 0 Å². The Morgan fingerprint density at radius 3 is 2.53 bits per heavy atom. The van der Waals surface area contributed by atoms with Crippen LogP contribution in [0, 0.1) is 5.41 Å². The second kappa shape index (κ2) is 3.06. The summed E-state index contributed by atoms with van der Waals surface area (Å²) in [6, 6.07) is 0. The molecule has 2 saturated carbocycles. The molecule has 3 nitrogen and oxygen atoms in total. The van der Waals surface area contributed by atoms with Gasteiger partial charge in [0.05, 0.1) is 0 Å². The molecule has 1 atom stereocenters. The Morgan fingerprint density at radius 2 is 1.93 bits per heavy atom. The van der Waals surface area contributed by atoms with Gasteiger partial charge in [0.25, 0.3) is 0 Å². The standard InChI is InChI=1S/C12H19N3/c1-12(2)7-9(12)11-13-10(14-15-11)8-5-3-4-6-8/h8-9H,3-7H2,1-2H3,(H,13,14,15). The van der Waals surface area contributed by atoms with Gasteiger partial charge >= 0.3 is 0 Å². The molecule has 1 aromatic rings. The summed E-state index contributed by atoms with van der Waals surface area (Å²) >= 11 is 0. The van der Waals surface area contributed by atoms with E-state index in [0.717, 1.165) is 11.6 Å². The van der Waals surface area contributed by atoms with E-state index in [1.807, 2.05) is 0 Å². The fourth-order valence-electron chi connectivity index (χ4n) is 2.74. The molecule has 3 heteroatoms. The van der Waals surface area contributed by atoms with Crippen molar-refractivity contribution in [3.8, 4) is 0 Å². The van der Waals surface area contributed by atoms with E-state index in [2.05, 4.69) is 29.0 Å². The van der Waals surface area contributed by atoms with Crippen LogP contribution in [0.5, 0.6) is 0 Å². The number of rotatable bonds is 2. The molecule has 0 amide bonds. The minimum absolute atomic E-state index is 0.451. The molecule has 0 saturated heterocycles. The van der Waals surface area contributed by atoms with E-state index in [9.17, 15) is 0 Å². The smallest absolute Gasteiger partial charge is 0.153 e. The van der Waals surface area contributed by atoms with Crippen molar-refractivity contribution in [3.63, 3.8) is 0 Å². The monoisotopic (exact) mass is 205 g/mol. The topological polar surface area (TPSA) is 41.6 Å². The number of hydrogen-bond acceptors (Lipinski definition) is 2. The third-order valence-corrected chi connectivity index (χ3v) is 4.08. The number of hydrogen-bond donors (Lipinski definition) is 1. The Hall–Kier alpha value is -0.860. The van der Waals surface area contributed by atoms with Gasteiger partial charge in [-0.1, -0.05) is 26.7 Å². The van der Waals surface area contributed by atoms with Crippen molar-refractivity contribution in [1.82, 2.24) is 15.2 Å². The van der Waals surface area contributed by atoms with Gasteiger partial charge in [-0.2, -0.15) is 5.10 Å². The third kappa shape index (κ3) is 1.58. The van der Waals surface area contributed by atoms with E-state index < -0.39 is 0 Å². The molecule has 3 rings (SSSR count). The van der Waals surface area contributed by atoms with Crippen LogP contribution in [0.15, 0.2) is 0 Å². The summed E-state index contributed by atoms with van der Waals surface area (Å²) in [5.41, 5.74) is 0.451. The lowest BCUT2D eigenvalue weighted by Crippen LogP contribution is -1.96. The summed E-state index contributed by atoms with van der Waals surface area (Å²) < 4.78 is 0. The summed E-state index contributed by atoms with van der Waals surface area (Å²) in [4.78, 5) is 4.68. The van der Waals surface area contributed by atoms with Crippen LogP contribution in [0.3, 0.4) is 0 Å². The molecule has 15 heavy (non-hydrogen) atoms. The van der Waals surface area contributed by atoms with Gasteiger partial charge in [0.1, 0.15) is 5.82 Å². The Labute approximate surface area is 90.7 Å². The second-order valence-electron chi connectivity index (χ2n) is 5.81. The number of aromatic nitrogens is 3. The molecule has 0 bridgehead atoms. The van der Waals surface area contributed by atoms with E-state index in [1.165, 1.54) is 32.1 Å². The molecule has 1 N–H and O–H groups in total. The normalized spacial score (nSPS) is 29.6. The minimum Gasteiger partial charge on any atom is -0.263 e. The fraction of sp³-hybridized carbons (Fsp3) is 0.833. The SMILES string of the molecule is CC1(C)CC1c1nc(C2CCCC2)n[nH]1. The molecular formula is C12H19N3. The number of nitrogens with one attached hydrogen (secondary N) is 1. The van der Waals surface area contributed by atoms with Crippen LogP contribution in [0.1, 0.15) is 69.4 Å². The molecule has 1 unspecified atom stereocenters. The largest absolute Gasteiger partial charge is 0.263 e. The van der Waals surface area contributed by atoms with Gasteiger partial charge in [-0.15, -0.1) is 0 Å². The van der Waals surface area contributed by atoms with Crippen molar-refractivity contribution in [2.24, 2.45) is 5.41 Å². The predicted octanol–water partition coefficient (Wildman–Crippen LogP) is 2.98. The van der Waals surface area contributed by atoms with Crippen LogP contribution in [0.25, 0.3) is 0 Å². The van der Waals surface area contributed by atoms with E-state index >= 15 is 0 Å². The summed E-state index contributed by atoms with van der Waals surface area (Å²) in [5.74, 6) is 3.46. The molecule has 0 aromatic carbocycles. The minimum atomic E-state index is 0.451. The Kier molecular flexibility index (Phi) is 1.91. The molecule has 2 aliphatic rings. The van der Waals surface area contributed by atoms with Gasteiger partial charge in [0, 0.05) is 11.8 Å². The molecule has 2 aliphatic carbocycles. The average Bonchev–Trinajstić information content (AvgIpc) is 2.73. The molecular weight excluding hydrogens is 186 g/mol. The molecule has 0 radical (unpaired) electrons. The first-order valence-corrected chi connectivity index (χ1v) is 6.09. The molecule has 1 heterocycles. The van der Waals surface area contributed by atoms with Crippen molar-refractivity contribution in [2.75, 3.05) is 0 Å². The van der Waals surface area contributed by atoms with Crippen LogP contribution >= 0.6 is 0 Å². The lowest BCUT2D eigenvalue weighted by atomic mass is 10.1. The first kappa shape index (κ1) is 9.37. The molecule has 82 valence electrons. The van der Waals surface area contributed by atoms with Crippen LogP contribution in [0.4, 0.5) is 0 Å². The third-order valence-electron chi connectivity index (χ3n) is 4.08. The van der Waals surface area contributed by atoms with E-state index in [0.29, 0.717) is 17.3 Å². The van der Waals surface area contributed by atoms with Crippen LogP contribution in [-0.2, 0) is 0 Å². The van der Waals surface area contributed by atoms with Gasteiger partial charge in [-0.25, -0.2) is 4.98 Å². The van der Waals surface area contributed by atoms with E-state index in [-0.39, 0.29) is 0 Å². The maximum absolute atomic E-state index is 4.68. The second-order valence-corrected chi connectivity index (χ2v) is 5.81. The highest BCUT2D eigenvalue weighted by Gasteiger charge is 2.48. The zero-order valence-electron chi connectivity index (χ0n) is 9.58. The van der Waals surface area contributed by atoms with Crippen molar-refractivity contribution in [2.45, 2.75) is 57.8 Å². The Bertz CT molecular complexity index is 341. The average molecular weight is 205 g/mol. The summed E-state index contributed by atoms with van der Waals surface area (Å²) in [5, 5.41) is 7.53. The van der Waals surface area contributed by atoms with Crippen LogP contribution < -0.4 is 0 Å². The number of aromatic amines is 1. The molecule has 0 aliphatic heterocycles. The zero-order chi connectivity index (χ0) is 10.5. The molecule has 1 aromatic heterocycles. The highest BCUT2D eigenvalue weighted by molar-refractivity contribution is 5.16. The first-order chi connectivity index (χ1) is 7.17. The van der Waals surface area contributed by atoms with Crippen molar-refractivity contribution >= 4 is 0 Å². The summed E-state index contributed by atoms with van der Waals surface area (Å²) in [7, 11) is 0. The molecule has 2 fully saturated rings. The van der Waals surface area contributed by atoms with Gasteiger partial charge in [0.2, 0.25) is 0 Å². The maximum Gasteiger partial charge on any atom is 0.153 e. The lowest BCUT2D eigenvalue weighted by molar-refractivity contribution is 0.608. The summed E-state index contributed by atoms with van der Waals surface area (Å²) in [6.07, 6.45) is 6.52. The summed E-state index contributed by atoms with van der Waals surface area (Å²) in [6.45, 7) is 4.60. The van der Waals surface area contributed by atoms with Crippen LogP contribution in [0.2, 0.25) is 0 Å². The van der Waals surface area contributed by atoms with Gasteiger partial charge < -0.3 is 0 Å². The van der Waals surface area contributed by atoms with E-state index in [1.54, 1.807) is 0 Å². The highest BCUT2D eigenvalue weighted by atomic mass is 15.2. The lowest BCUT2D eigenvalue weighted by Gasteiger charge is -2.01. The first-order valence-electron chi connectivity index (χ1n) is 6.09. The van der Waals surface area contributed by atoms with Gasteiger partial charge in [0.15, 0.2) is 5.82 Å². The predicted molar refractivity (Wildman–Crippen MR) is 58.7 cm³/mol. The van der Waals surface area contributed by atoms with Crippen LogP contribution in [-0.4, -0.2) is 15.2 Å². The van der Waals surface area contributed by atoms with Crippen molar-refractivity contribution < 1.29 is 0 Å². The Balaban J connectivity index is 1.76. The number of H-pyrrole nitrogens is 1. The zero-order valence-corrected chi connectivity index (χ0v) is 9.58. The van der Waals surface area contributed by atoms with Crippen molar-refractivity contribution in [3.05, 3.63) is 11.6 Å². The van der Waals surface area contributed by atoms with Gasteiger partial charge in [-0.05, 0) is 24.7 Å². The van der Waals surface area contributed by atoms with E-state index in [4.69, 9.17) is 0 Å². The molecule has 0 spiro atoms. The maximum atomic E-state index is 4.68. The number of nitrogens with zero attached hydrogens (tertiary/aromatic N) is 2. The Morgan fingerprint density at radius 1 is 1.27 bits per heavy atom. The highest BCUT2D eigenvalue weighted by Crippen LogP contribution is 2.57.